The summed E-state index contributed by atoms with van der Waals surface area (Å²) in [7, 11) is 3.21. The van der Waals surface area contributed by atoms with E-state index in [0.29, 0.717) is 18.7 Å². The van der Waals surface area contributed by atoms with Gasteiger partial charge in [-0.2, -0.15) is 4.98 Å². The smallest absolute Gasteiger partial charge is 0.231 e. The number of nitrogens with zero attached hydrogens (tertiary/aromatic N) is 2. The number of nitrogens with one attached hydrogen (secondary N) is 2. The van der Waals surface area contributed by atoms with Gasteiger partial charge in [-0.05, 0) is 19.3 Å². The summed E-state index contributed by atoms with van der Waals surface area (Å²) in [5.41, 5.74) is 1.69. The van der Waals surface area contributed by atoms with Gasteiger partial charge in [0.2, 0.25) is 17.8 Å². The van der Waals surface area contributed by atoms with E-state index in [9.17, 15) is 9.59 Å². The fourth-order valence-corrected chi connectivity index (χ4v) is 2.83. The fourth-order valence-electron chi connectivity index (χ4n) is 2.83. The highest BCUT2D eigenvalue weighted by Crippen LogP contribution is 2.32. The van der Waals surface area contributed by atoms with Crippen molar-refractivity contribution in [2.24, 2.45) is 5.92 Å². The third-order valence-corrected chi connectivity index (χ3v) is 3.74. The van der Waals surface area contributed by atoms with Gasteiger partial charge in [0, 0.05) is 39.5 Å². The van der Waals surface area contributed by atoms with Crippen molar-refractivity contribution < 1.29 is 19.1 Å². The Morgan fingerprint density at radius 1 is 1.13 bits per heavy atom. The molecule has 0 fully saturated rings. The number of aryl methyl sites for hydroxylation is 1. The lowest BCUT2D eigenvalue weighted by Gasteiger charge is -2.30. The zero-order valence-corrected chi connectivity index (χ0v) is 13.8. The predicted molar refractivity (Wildman–Crippen MR) is 84.0 cm³/mol. The molecule has 126 valence electrons. The molecule has 0 bridgehead atoms. The van der Waals surface area contributed by atoms with Gasteiger partial charge >= 0.3 is 0 Å². The number of aromatic nitrogens is 2. The first kappa shape index (κ1) is 17.3. The number of amides is 2. The molecule has 1 aromatic rings. The van der Waals surface area contributed by atoms with Crippen LogP contribution in [0.4, 0.5) is 11.8 Å². The molecule has 0 saturated carbocycles. The fraction of sp³-hybridized carbons (Fsp3) is 0.600. The van der Waals surface area contributed by atoms with E-state index in [4.69, 9.17) is 9.47 Å². The molecular formula is C15H22N4O4. The Balaban J connectivity index is 2.36. The van der Waals surface area contributed by atoms with Gasteiger partial charge in [0.1, 0.15) is 5.82 Å². The minimum atomic E-state index is -0.316. The summed E-state index contributed by atoms with van der Waals surface area (Å²) in [5, 5.41) is 5.28. The maximum absolute atomic E-state index is 11.5. The Labute approximate surface area is 135 Å². The Hall–Kier alpha value is -2.06. The highest BCUT2D eigenvalue weighted by Gasteiger charge is 2.30. The highest BCUT2D eigenvalue weighted by atomic mass is 16.7. The number of methoxy groups -OCH3 is 2. The zero-order chi connectivity index (χ0) is 17.0. The van der Waals surface area contributed by atoms with Crippen molar-refractivity contribution in [2.45, 2.75) is 39.4 Å². The van der Waals surface area contributed by atoms with Crippen molar-refractivity contribution >= 4 is 23.6 Å². The summed E-state index contributed by atoms with van der Waals surface area (Å²) in [5.74, 6) is 0.304. The molecule has 1 aliphatic rings. The van der Waals surface area contributed by atoms with Crippen LogP contribution in [-0.4, -0.2) is 42.3 Å². The molecule has 0 spiro atoms. The molecule has 0 aromatic carbocycles. The lowest BCUT2D eigenvalue weighted by atomic mass is 9.86. The molecule has 1 atom stereocenters. The maximum atomic E-state index is 11.5. The lowest BCUT2D eigenvalue weighted by Crippen LogP contribution is -2.31. The highest BCUT2D eigenvalue weighted by molar-refractivity contribution is 5.90. The summed E-state index contributed by atoms with van der Waals surface area (Å²) < 4.78 is 10.7. The molecule has 0 saturated heterocycles. The number of anilines is 2. The van der Waals surface area contributed by atoms with Crippen LogP contribution >= 0.6 is 0 Å². The van der Waals surface area contributed by atoms with Gasteiger partial charge in [-0.1, -0.05) is 0 Å². The number of ether oxygens (including phenoxy) is 2. The van der Waals surface area contributed by atoms with Gasteiger partial charge in [0.15, 0.2) is 6.29 Å². The van der Waals surface area contributed by atoms with Crippen LogP contribution in [0.15, 0.2) is 0 Å². The van der Waals surface area contributed by atoms with E-state index in [1.807, 2.05) is 0 Å². The predicted octanol–water partition coefficient (Wildman–Crippen LogP) is 1.12. The number of hydrogen-bond donors (Lipinski definition) is 2. The van der Waals surface area contributed by atoms with Gasteiger partial charge in [-0.25, -0.2) is 4.98 Å². The Kier molecular flexibility index (Phi) is 5.62. The summed E-state index contributed by atoms with van der Waals surface area (Å²) in [6.07, 6.45) is 1.86. The van der Waals surface area contributed by atoms with E-state index in [1.54, 1.807) is 14.2 Å². The Morgan fingerprint density at radius 3 is 2.35 bits per heavy atom. The van der Waals surface area contributed by atoms with Crippen molar-refractivity contribution in [3.05, 3.63) is 11.3 Å². The first-order valence-corrected chi connectivity index (χ1v) is 7.45. The molecule has 2 N–H and O–H groups in total. The summed E-state index contributed by atoms with van der Waals surface area (Å²) in [4.78, 5) is 31.3. The summed E-state index contributed by atoms with van der Waals surface area (Å²) >= 11 is 0. The normalized spacial score (nSPS) is 16.8. The second-order valence-corrected chi connectivity index (χ2v) is 5.53. The molecule has 23 heavy (non-hydrogen) atoms. The van der Waals surface area contributed by atoms with Gasteiger partial charge in [-0.3, -0.25) is 14.9 Å². The second-order valence-electron chi connectivity index (χ2n) is 5.53. The van der Waals surface area contributed by atoms with Gasteiger partial charge in [0.05, 0.1) is 5.69 Å². The van der Waals surface area contributed by atoms with E-state index in [2.05, 4.69) is 20.6 Å². The molecular weight excluding hydrogens is 300 g/mol. The maximum Gasteiger partial charge on any atom is 0.231 e. The molecule has 0 radical (unpaired) electrons. The van der Waals surface area contributed by atoms with Crippen molar-refractivity contribution in [3.63, 3.8) is 0 Å². The molecule has 2 rings (SSSR count). The summed E-state index contributed by atoms with van der Waals surface area (Å²) in [6, 6.07) is 0. The minimum absolute atomic E-state index is 0.153. The molecule has 1 aromatic heterocycles. The lowest BCUT2D eigenvalue weighted by molar-refractivity contribution is -0.139. The third-order valence-electron chi connectivity index (χ3n) is 3.74. The van der Waals surface area contributed by atoms with Crippen LogP contribution in [0.5, 0.6) is 0 Å². The van der Waals surface area contributed by atoms with Crippen LogP contribution in [0.2, 0.25) is 0 Å². The number of carbonyl (C=O) groups excluding carboxylic acids is 2. The van der Waals surface area contributed by atoms with Crippen LogP contribution in [0, 0.1) is 5.92 Å². The Morgan fingerprint density at radius 2 is 1.78 bits per heavy atom. The average Bonchev–Trinajstić information content (AvgIpc) is 2.47. The van der Waals surface area contributed by atoms with Crippen molar-refractivity contribution in [1.82, 2.24) is 9.97 Å². The number of rotatable bonds is 5. The first-order valence-electron chi connectivity index (χ1n) is 7.45. The molecule has 1 aliphatic carbocycles. The molecule has 2 amide bonds. The standard InChI is InChI=1S/C15H22N4O4/c1-8(20)16-13-11-7-10(14(22-3)23-4)5-6-12(11)18-15(19-13)17-9(2)21/h10,14H,5-7H2,1-4H3,(H2,16,17,18,19,20,21)/t10-/m0/s1. The number of hydrogen-bond acceptors (Lipinski definition) is 6. The van der Waals surface area contributed by atoms with Gasteiger partial charge in [-0.15, -0.1) is 0 Å². The number of fused-ring (bicyclic) bond motifs is 1. The SMILES string of the molecule is COC(OC)[C@H]1CCc2nc(NC(C)=O)nc(NC(C)=O)c2C1. The minimum Gasteiger partial charge on any atom is -0.356 e. The van der Waals surface area contributed by atoms with Crippen LogP contribution in [0.3, 0.4) is 0 Å². The van der Waals surface area contributed by atoms with Crippen LogP contribution in [0.25, 0.3) is 0 Å². The van der Waals surface area contributed by atoms with E-state index < -0.39 is 0 Å². The molecule has 0 aliphatic heterocycles. The van der Waals surface area contributed by atoms with Crippen LogP contribution in [0.1, 0.15) is 31.5 Å². The van der Waals surface area contributed by atoms with Gasteiger partial charge < -0.3 is 14.8 Å². The van der Waals surface area contributed by atoms with Crippen molar-refractivity contribution in [3.8, 4) is 0 Å². The summed E-state index contributed by atoms with van der Waals surface area (Å²) in [6.45, 7) is 2.80. The van der Waals surface area contributed by atoms with Gasteiger partial charge in [0.25, 0.3) is 0 Å². The molecule has 8 nitrogen and oxygen atoms in total. The van der Waals surface area contributed by atoms with E-state index in [0.717, 1.165) is 17.7 Å². The van der Waals surface area contributed by atoms with E-state index >= 15 is 0 Å². The van der Waals surface area contributed by atoms with Crippen molar-refractivity contribution in [1.29, 1.82) is 0 Å². The molecule has 1 heterocycles. The van der Waals surface area contributed by atoms with Crippen LogP contribution in [-0.2, 0) is 31.9 Å². The second kappa shape index (κ2) is 7.47. The van der Waals surface area contributed by atoms with Crippen LogP contribution < -0.4 is 10.6 Å². The first-order chi connectivity index (χ1) is 10.9. The third kappa shape index (κ3) is 4.23. The molecule has 0 unspecified atom stereocenters. The van der Waals surface area contributed by atoms with E-state index in [-0.39, 0.29) is 30.0 Å². The molecule has 8 heteroatoms. The monoisotopic (exact) mass is 322 g/mol. The largest absolute Gasteiger partial charge is 0.356 e. The van der Waals surface area contributed by atoms with Crippen molar-refractivity contribution in [2.75, 3.05) is 24.9 Å². The zero-order valence-electron chi connectivity index (χ0n) is 13.8. The van der Waals surface area contributed by atoms with E-state index in [1.165, 1.54) is 13.8 Å². The Bertz CT molecular complexity index is 601. The quantitative estimate of drug-likeness (QED) is 0.788. The topological polar surface area (TPSA) is 102 Å². The average molecular weight is 322 g/mol. The number of carbonyl (C=O) groups is 2.